The first-order chi connectivity index (χ1) is 14.5. The summed E-state index contributed by atoms with van der Waals surface area (Å²) in [6, 6.07) is 14.6. The molecule has 0 bridgehead atoms. The van der Waals surface area contributed by atoms with E-state index in [4.69, 9.17) is 4.74 Å². The van der Waals surface area contributed by atoms with Crippen LogP contribution in [0.5, 0.6) is 5.75 Å². The van der Waals surface area contributed by atoms with Crippen LogP contribution in [0.2, 0.25) is 0 Å². The number of hydrogen-bond donors (Lipinski definition) is 2. The second-order valence-corrected chi connectivity index (χ2v) is 8.21. The number of benzene rings is 2. The van der Waals surface area contributed by atoms with E-state index >= 15 is 0 Å². The molecular weight excluding hydrogens is 400 g/mol. The lowest BCUT2D eigenvalue weighted by Crippen LogP contribution is -2.37. The van der Waals surface area contributed by atoms with Crippen LogP contribution in [0, 0.1) is 0 Å². The number of aromatic nitrogens is 2. The molecule has 2 aromatic carbocycles. The lowest BCUT2D eigenvalue weighted by Gasteiger charge is -2.25. The number of methoxy groups -OCH3 is 1. The number of hydrogen-bond acceptors (Lipinski definition) is 5. The van der Waals surface area contributed by atoms with Crippen LogP contribution in [-0.4, -0.2) is 33.7 Å². The maximum absolute atomic E-state index is 12.9. The summed E-state index contributed by atoms with van der Waals surface area (Å²) in [4.78, 5) is 30.8. The Labute approximate surface area is 178 Å². The third kappa shape index (κ3) is 4.18. The van der Waals surface area contributed by atoms with Crippen LogP contribution < -0.4 is 15.4 Å². The Morgan fingerprint density at radius 1 is 1.27 bits per heavy atom. The Morgan fingerprint density at radius 3 is 2.73 bits per heavy atom. The standard InChI is InChI=1S/C22H22N4O3S/c1-26-12-11-23-21(26)20(14-7-9-15(29-2)10-8-14)25-19(27)13-18-22(28)24-16-5-3-4-6-17(16)30-18/h3-12,18,20H,13H2,1-2H3,(H,24,28)(H,25,27)/t18-,20+/m0/s1. The highest BCUT2D eigenvalue weighted by Gasteiger charge is 2.30. The van der Waals surface area contributed by atoms with Crippen molar-refractivity contribution in [3.63, 3.8) is 0 Å². The third-order valence-electron chi connectivity index (χ3n) is 4.95. The molecule has 1 aliphatic rings. The van der Waals surface area contributed by atoms with Gasteiger partial charge in [0.2, 0.25) is 11.8 Å². The number of nitrogens with zero attached hydrogens (tertiary/aromatic N) is 2. The lowest BCUT2D eigenvalue weighted by molar-refractivity contribution is -0.124. The fourth-order valence-corrected chi connectivity index (χ4v) is 4.47. The number of thioether (sulfide) groups is 1. The molecule has 2 atom stereocenters. The van der Waals surface area contributed by atoms with Gasteiger partial charge in [-0.05, 0) is 29.8 Å². The van der Waals surface area contributed by atoms with Crippen LogP contribution in [-0.2, 0) is 16.6 Å². The molecule has 3 aromatic rings. The zero-order valence-electron chi connectivity index (χ0n) is 16.7. The Bertz CT molecular complexity index is 1060. The average Bonchev–Trinajstić information content (AvgIpc) is 3.18. The van der Waals surface area contributed by atoms with Gasteiger partial charge in [0.05, 0.1) is 18.0 Å². The molecule has 0 spiro atoms. The highest BCUT2D eigenvalue weighted by atomic mass is 32.2. The van der Waals surface area contributed by atoms with Crippen LogP contribution in [0.4, 0.5) is 5.69 Å². The molecule has 154 valence electrons. The number of fused-ring (bicyclic) bond motifs is 1. The number of anilines is 1. The summed E-state index contributed by atoms with van der Waals surface area (Å²) in [5.41, 5.74) is 1.66. The molecule has 1 aliphatic heterocycles. The van der Waals surface area contributed by atoms with Gasteiger partial charge in [0.25, 0.3) is 0 Å². The number of nitrogens with one attached hydrogen (secondary N) is 2. The summed E-state index contributed by atoms with van der Waals surface area (Å²) in [6.07, 6.45) is 3.60. The van der Waals surface area contributed by atoms with Crippen LogP contribution in [0.3, 0.4) is 0 Å². The average molecular weight is 423 g/mol. The van der Waals surface area contributed by atoms with E-state index in [2.05, 4.69) is 15.6 Å². The quantitative estimate of drug-likeness (QED) is 0.638. The number of imidazole rings is 1. The molecule has 1 aromatic heterocycles. The van der Waals surface area contributed by atoms with Crippen molar-refractivity contribution in [1.29, 1.82) is 0 Å². The topological polar surface area (TPSA) is 85.2 Å². The smallest absolute Gasteiger partial charge is 0.238 e. The van der Waals surface area contributed by atoms with Crippen molar-refractivity contribution in [3.05, 3.63) is 72.3 Å². The van der Waals surface area contributed by atoms with E-state index in [1.54, 1.807) is 13.3 Å². The molecule has 0 saturated heterocycles. The Kier molecular flexibility index (Phi) is 5.76. The number of carbonyl (C=O) groups excluding carboxylic acids is 2. The molecule has 0 radical (unpaired) electrons. The van der Waals surface area contributed by atoms with E-state index < -0.39 is 11.3 Å². The summed E-state index contributed by atoms with van der Waals surface area (Å²) >= 11 is 1.41. The predicted molar refractivity (Wildman–Crippen MR) is 116 cm³/mol. The largest absolute Gasteiger partial charge is 0.497 e. The third-order valence-corrected chi connectivity index (χ3v) is 6.22. The second kappa shape index (κ2) is 8.62. The molecule has 0 fully saturated rings. The minimum Gasteiger partial charge on any atom is -0.497 e. The molecule has 7 nitrogen and oxygen atoms in total. The molecule has 2 N–H and O–H groups in total. The minimum absolute atomic E-state index is 0.0713. The molecular formula is C22H22N4O3S. The zero-order chi connectivity index (χ0) is 21.1. The van der Waals surface area contributed by atoms with E-state index in [0.29, 0.717) is 5.82 Å². The minimum atomic E-state index is -0.488. The number of rotatable bonds is 6. The summed E-state index contributed by atoms with van der Waals surface area (Å²) in [5.74, 6) is 1.06. The lowest BCUT2D eigenvalue weighted by atomic mass is 10.1. The number of carbonyl (C=O) groups is 2. The van der Waals surface area contributed by atoms with Crippen molar-refractivity contribution in [1.82, 2.24) is 14.9 Å². The van der Waals surface area contributed by atoms with E-state index in [-0.39, 0.29) is 18.2 Å². The summed E-state index contributed by atoms with van der Waals surface area (Å²) in [5, 5.41) is 5.44. The molecule has 0 unspecified atom stereocenters. The highest BCUT2D eigenvalue weighted by Crippen LogP contribution is 2.36. The van der Waals surface area contributed by atoms with Gasteiger partial charge < -0.3 is 19.9 Å². The Balaban J connectivity index is 1.52. The van der Waals surface area contributed by atoms with Crippen LogP contribution in [0.1, 0.15) is 23.9 Å². The Morgan fingerprint density at radius 2 is 2.03 bits per heavy atom. The molecule has 2 heterocycles. The van der Waals surface area contributed by atoms with Gasteiger partial charge in [0.1, 0.15) is 17.6 Å². The molecule has 0 saturated carbocycles. The monoisotopic (exact) mass is 422 g/mol. The highest BCUT2D eigenvalue weighted by molar-refractivity contribution is 8.01. The predicted octanol–water partition coefficient (Wildman–Crippen LogP) is 3.14. The van der Waals surface area contributed by atoms with E-state index in [1.807, 2.05) is 66.3 Å². The molecule has 8 heteroatoms. The second-order valence-electron chi connectivity index (χ2n) is 6.97. The van der Waals surface area contributed by atoms with Crippen LogP contribution in [0.15, 0.2) is 65.8 Å². The van der Waals surface area contributed by atoms with Crippen molar-refractivity contribution in [2.45, 2.75) is 22.6 Å². The summed E-state index contributed by atoms with van der Waals surface area (Å²) in [7, 11) is 3.49. The van der Waals surface area contributed by atoms with E-state index in [0.717, 1.165) is 21.9 Å². The van der Waals surface area contributed by atoms with Crippen molar-refractivity contribution >= 4 is 29.3 Å². The molecule has 4 rings (SSSR count). The van der Waals surface area contributed by atoms with Gasteiger partial charge in [0, 0.05) is 30.8 Å². The number of para-hydroxylation sites is 1. The van der Waals surface area contributed by atoms with E-state index in [9.17, 15) is 9.59 Å². The summed E-state index contributed by atoms with van der Waals surface area (Å²) in [6.45, 7) is 0. The van der Waals surface area contributed by atoms with Crippen LogP contribution in [0.25, 0.3) is 0 Å². The van der Waals surface area contributed by atoms with Crippen molar-refractivity contribution in [2.24, 2.45) is 7.05 Å². The molecule has 30 heavy (non-hydrogen) atoms. The van der Waals surface area contributed by atoms with Crippen molar-refractivity contribution in [2.75, 3.05) is 12.4 Å². The fourth-order valence-electron chi connectivity index (χ4n) is 3.36. The van der Waals surface area contributed by atoms with Crippen molar-refractivity contribution in [3.8, 4) is 5.75 Å². The van der Waals surface area contributed by atoms with Gasteiger partial charge in [-0.25, -0.2) is 4.98 Å². The summed E-state index contributed by atoms with van der Waals surface area (Å²) < 4.78 is 7.10. The molecule has 0 aliphatic carbocycles. The number of amides is 2. The maximum Gasteiger partial charge on any atom is 0.238 e. The normalized spacial score (nSPS) is 16.3. The van der Waals surface area contributed by atoms with E-state index in [1.165, 1.54) is 11.8 Å². The zero-order valence-corrected chi connectivity index (χ0v) is 17.5. The van der Waals surface area contributed by atoms with Gasteiger partial charge in [-0.2, -0.15) is 0 Å². The SMILES string of the molecule is COc1ccc([C@@H](NC(=O)C[C@@H]2Sc3ccccc3NC2=O)c2nccn2C)cc1. The van der Waals surface area contributed by atoms with Gasteiger partial charge in [-0.1, -0.05) is 24.3 Å². The van der Waals surface area contributed by atoms with Crippen LogP contribution >= 0.6 is 11.8 Å². The van der Waals surface area contributed by atoms with Gasteiger partial charge in [0.15, 0.2) is 0 Å². The van der Waals surface area contributed by atoms with Gasteiger partial charge in [-0.3, -0.25) is 9.59 Å². The fraction of sp³-hybridized carbons (Fsp3) is 0.227. The first-order valence-corrected chi connectivity index (χ1v) is 10.4. The van der Waals surface area contributed by atoms with Gasteiger partial charge >= 0.3 is 0 Å². The first kappa shape index (κ1) is 20.0. The number of aryl methyl sites for hydroxylation is 1. The van der Waals surface area contributed by atoms with Crippen molar-refractivity contribution < 1.29 is 14.3 Å². The Hall–Kier alpha value is -3.26. The maximum atomic E-state index is 12.9. The molecule has 2 amide bonds. The van der Waals surface area contributed by atoms with Gasteiger partial charge in [-0.15, -0.1) is 11.8 Å². The first-order valence-electron chi connectivity index (χ1n) is 9.52. The number of ether oxygens (including phenoxy) is 1.